The fraction of sp³-hybridized carbons (Fsp3) is 0.562. The third kappa shape index (κ3) is 4.53. The lowest BCUT2D eigenvalue weighted by molar-refractivity contribution is -0.129. The molecule has 0 aliphatic heterocycles. The lowest BCUT2D eigenvalue weighted by atomic mass is 10.2. The van der Waals surface area contributed by atoms with E-state index in [1.54, 1.807) is 4.90 Å². The van der Waals surface area contributed by atoms with Gasteiger partial charge in [-0.15, -0.1) is 0 Å². The summed E-state index contributed by atoms with van der Waals surface area (Å²) in [6.45, 7) is 2.09. The molecule has 4 nitrogen and oxygen atoms in total. The molecule has 1 aromatic rings. The number of nitrogens with one attached hydrogen (secondary N) is 1. The van der Waals surface area contributed by atoms with Gasteiger partial charge in [0, 0.05) is 33.4 Å². The second-order valence-corrected chi connectivity index (χ2v) is 5.88. The largest absolute Gasteiger partial charge is 0.378 e. The number of anilines is 1. The van der Waals surface area contributed by atoms with Crippen molar-refractivity contribution in [3.05, 3.63) is 29.8 Å². The molecule has 1 N–H and O–H groups in total. The lowest BCUT2D eigenvalue weighted by Gasteiger charge is -2.18. The van der Waals surface area contributed by atoms with E-state index >= 15 is 0 Å². The van der Waals surface area contributed by atoms with Gasteiger partial charge in [-0.05, 0) is 43.0 Å². The number of rotatable bonds is 7. The molecule has 0 unspecified atom stereocenters. The van der Waals surface area contributed by atoms with E-state index < -0.39 is 0 Å². The van der Waals surface area contributed by atoms with E-state index in [0.717, 1.165) is 18.0 Å². The van der Waals surface area contributed by atoms with E-state index in [0.29, 0.717) is 13.1 Å². The van der Waals surface area contributed by atoms with Crippen molar-refractivity contribution in [1.82, 2.24) is 10.2 Å². The molecule has 0 aromatic heterocycles. The molecule has 0 bridgehead atoms. The van der Waals surface area contributed by atoms with Gasteiger partial charge in [0.15, 0.2) is 0 Å². The zero-order chi connectivity index (χ0) is 14.5. The third-order valence-corrected chi connectivity index (χ3v) is 3.70. The van der Waals surface area contributed by atoms with Crippen LogP contribution in [-0.4, -0.2) is 45.0 Å². The Bertz CT molecular complexity index is 438. The van der Waals surface area contributed by atoms with Gasteiger partial charge < -0.3 is 15.1 Å². The minimum atomic E-state index is 0.155. The predicted octanol–water partition coefficient (Wildman–Crippen LogP) is 1.71. The maximum Gasteiger partial charge on any atom is 0.236 e. The Morgan fingerprint density at radius 3 is 2.40 bits per heavy atom. The number of hydrogen-bond acceptors (Lipinski definition) is 3. The van der Waals surface area contributed by atoms with Crippen LogP contribution in [0.3, 0.4) is 0 Å². The van der Waals surface area contributed by atoms with E-state index in [2.05, 4.69) is 34.5 Å². The van der Waals surface area contributed by atoms with Crippen molar-refractivity contribution in [2.75, 3.05) is 39.1 Å². The molecule has 1 saturated carbocycles. The number of carbonyl (C=O) groups excluding carboxylic acids is 1. The Kier molecular flexibility index (Phi) is 5.01. The normalized spacial score (nSPS) is 14.2. The standard InChI is InChI=1S/C16H25N3O/c1-18(2)15-8-6-14(7-9-15)12-19(3)16(20)11-17-10-13-4-5-13/h6-9,13,17H,4-5,10-12H2,1-3H3. The summed E-state index contributed by atoms with van der Waals surface area (Å²) in [6, 6.07) is 8.32. The van der Waals surface area contributed by atoms with Gasteiger partial charge in [-0.25, -0.2) is 0 Å². The predicted molar refractivity (Wildman–Crippen MR) is 82.8 cm³/mol. The molecule has 0 atom stereocenters. The molecular weight excluding hydrogens is 250 g/mol. The van der Waals surface area contributed by atoms with Crippen LogP contribution in [0.15, 0.2) is 24.3 Å². The maximum absolute atomic E-state index is 12.0. The number of benzene rings is 1. The molecule has 0 saturated heterocycles. The van der Waals surface area contributed by atoms with Crippen LogP contribution >= 0.6 is 0 Å². The van der Waals surface area contributed by atoms with Crippen LogP contribution in [0.25, 0.3) is 0 Å². The summed E-state index contributed by atoms with van der Waals surface area (Å²) < 4.78 is 0. The zero-order valence-corrected chi connectivity index (χ0v) is 12.7. The van der Waals surface area contributed by atoms with Gasteiger partial charge in [-0.3, -0.25) is 4.79 Å². The van der Waals surface area contributed by atoms with Crippen molar-refractivity contribution in [2.24, 2.45) is 5.92 Å². The highest BCUT2D eigenvalue weighted by Crippen LogP contribution is 2.27. The summed E-state index contributed by atoms with van der Waals surface area (Å²) in [7, 11) is 5.91. The number of amides is 1. The molecule has 20 heavy (non-hydrogen) atoms. The van der Waals surface area contributed by atoms with Crippen LogP contribution in [0.1, 0.15) is 18.4 Å². The first-order valence-corrected chi connectivity index (χ1v) is 7.27. The zero-order valence-electron chi connectivity index (χ0n) is 12.7. The van der Waals surface area contributed by atoms with E-state index in [1.807, 2.05) is 21.1 Å². The highest BCUT2D eigenvalue weighted by atomic mass is 16.2. The number of hydrogen-bond donors (Lipinski definition) is 1. The number of carbonyl (C=O) groups is 1. The molecule has 0 spiro atoms. The average molecular weight is 275 g/mol. The van der Waals surface area contributed by atoms with Crippen molar-refractivity contribution in [3.8, 4) is 0 Å². The fourth-order valence-electron chi connectivity index (χ4n) is 2.10. The smallest absolute Gasteiger partial charge is 0.236 e. The monoisotopic (exact) mass is 275 g/mol. The second-order valence-electron chi connectivity index (χ2n) is 5.88. The van der Waals surface area contributed by atoms with Gasteiger partial charge >= 0.3 is 0 Å². The summed E-state index contributed by atoms with van der Waals surface area (Å²) in [6.07, 6.45) is 2.63. The first-order valence-electron chi connectivity index (χ1n) is 7.27. The molecule has 1 aromatic carbocycles. The molecule has 1 fully saturated rings. The van der Waals surface area contributed by atoms with Crippen molar-refractivity contribution in [1.29, 1.82) is 0 Å². The van der Waals surface area contributed by atoms with E-state index in [1.165, 1.54) is 18.5 Å². The van der Waals surface area contributed by atoms with Crippen LogP contribution in [-0.2, 0) is 11.3 Å². The lowest BCUT2D eigenvalue weighted by Crippen LogP contribution is -2.35. The van der Waals surface area contributed by atoms with Gasteiger partial charge in [0.1, 0.15) is 0 Å². The van der Waals surface area contributed by atoms with Crippen LogP contribution in [0.5, 0.6) is 0 Å². The first kappa shape index (κ1) is 14.9. The van der Waals surface area contributed by atoms with Gasteiger partial charge in [-0.2, -0.15) is 0 Å². The third-order valence-electron chi connectivity index (χ3n) is 3.70. The molecule has 0 radical (unpaired) electrons. The molecular formula is C16H25N3O. The van der Waals surface area contributed by atoms with E-state index in [4.69, 9.17) is 0 Å². The minimum absolute atomic E-state index is 0.155. The minimum Gasteiger partial charge on any atom is -0.378 e. The highest BCUT2D eigenvalue weighted by molar-refractivity contribution is 5.78. The topological polar surface area (TPSA) is 35.6 Å². The molecule has 110 valence electrons. The van der Waals surface area contributed by atoms with Gasteiger partial charge in [0.25, 0.3) is 0 Å². The number of likely N-dealkylation sites (N-methyl/N-ethyl adjacent to an activating group) is 1. The highest BCUT2D eigenvalue weighted by Gasteiger charge is 2.21. The van der Waals surface area contributed by atoms with Crippen LogP contribution in [0.4, 0.5) is 5.69 Å². The Morgan fingerprint density at radius 1 is 1.20 bits per heavy atom. The van der Waals surface area contributed by atoms with Crippen molar-refractivity contribution < 1.29 is 4.79 Å². The fourth-order valence-corrected chi connectivity index (χ4v) is 2.10. The molecule has 1 aliphatic rings. The molecule has 4 heteroatoms. The summed E-state index contributed by atoms with van der Waals surface area (Å²) in [5, 5.41) is 3.24. The van der Waals surface area contributed by atoms with Crippen molar-refractivity contribution in [3.63, 3.8) is 0 Å². The number of nitrogens with zero attached hydrogens (tertiary/aromatic N) is 2. The summed E-state index contributed by atoms with van der Waals surface area (Å²) >= 11 is 0. The van der Waals surface area contributed by atoms with Gasteiger partial charge in [-0.1, -0.05) is 12.1 Å². The van der Waals surface area contributed by atoms with Crippen molar-refractivity contribution in [2.45, 2.75) is 19.4 Å². The van der Waals surface area contributed by atoms with Crippen LogP contribution < -0.4 is 10.2 Å². The quantitative estimate of drug-likeness (QED) is 0.823. The first-order chi connectivity index (χ1) is 9.56. The van der Waals surface area contributed by atoms with E-state index in [9.17, 15) is 4.79 Å². The molecule has 0 heterocycles. The van der Waals surface area contributed by atoms with Gasteiger partial charge in [0.2, 0.25) is 5.91 Å². The summed E-state index contributed by atoms with van der Waals surface area (Å²) in [5.41, 5.74) is 2.34. The Balaban J connectivity index is 1.76. The summed E-state index contributed by atoms with van der Waals surface area (Å²) in [5.74, 6) is 0.967. The van der Waals surface area contributed by atoms with Gasteiger partial charge in [0.05, 0.1) is 6.54 Å². The van der Waals surface area contributed by atoms with Crippen LogP contribution in [0, 0.1) is 5.92 Å². The van der Waals surface area contributed by atoms with Crippen LogP contribution in [0.2, 0.25) is 0 Å². The van der Waals surface area contributed by atoms with E-state index in [-0.39, 0.29) is 5.91 Å². The van der Waals surface area contributed by atoms with Crippen molar-refractivity contribution >= 4 is 11.6 Å². The second kappa shape index (κ2) is 6.75. The SMILES string of the molecule is CN(Cc1ccc(N(C)C)cc1)C(=O)CNCC1CC1. The maximum atomic E-state index is 12.0. The molecule has 2 rings (SSSR count). The Hall–Kier alpha value is -1.55. The molecule has 1 amide bonds. The summed E-state index contributed by atoms with van der Waals surface area (Å²) in [4.78, 5) is 15.8. The Morgan fingerprint density at radius 2 is 1.85 bits per heavy atom. The molecule has 1 aliphatic carbocycles. The average Bonchev–Trinajstić information content (AvgIpc) is 3.23. The Labute approximate surface area is 121 Å².